The predicted molar refractivity (Wildman–Crippen MR) is 84.8 cm³/mol. The fraction of sp³-hybridized carbons (Fsp3) is 0.353. The van der Waals surface area contributed by atoms with Crippen LogP contribution in [0.5, 0.6) is 0 Å². The van der Waals surface area contributed by atoms with Gasteiger partial charge in [-0.2, -0.15) is 0 Å². The zero-order valence-corrected chi connectivity index (χ0v) is 12.8. The number of carbonyl (C=O) groups is 1. The Labute approximate surface area is 134 Å². The molecule has 2 aromatic rings. The van der Waals surface area contributed by atoms with Crippen molar-refractivity contribution in [3.63, 3.8) is 0 Å². The molecule has 1 fully saturated rings. The van der Waals surface area contributed by atoms with E-state index >= 15 is 0 Å². The Morgan fingerprint density at radius 2 is 2.23 bits per heavy atom. The topological polar surface area (TPSA) is 45.5 Å². The summed E-state index contributed by atoms with van der Waals surface area (Å²) in [6.45, 7) is 0.820. The van der Waals surface area contributed by atoms with Gasteiger partial charge in [0.05, 0.1) is 18.3 Å². The molecule has 5 heteroatoms. The van der Waals surface area contributed by atoms with Crippen molar-refractivity contribution in [1.29, 1.82) is 0 Å². The van der Waals surface area contributed by atoms with E-state index in [1.54, 1.807) is 6.26 Å². The van der Waals surface area contributed by atoms with Crippen LogP contribution in [0.2, 0.25) is 5.02 Å². The number of amides is 1. The molecule has 2 aliphatic heterocycles. The maximum Gasteiger partial charge on any atom is 0.223 e. The zero-order valence-electron chi connectivity index (χ0n) is 12.1. The molecule has 0 aliphatic carbocycles. The molecule has 1 saturated heterocycles. The van der Waals surface area contributed by atoms with Gasteiger partial charge in [0.1, 0.15) is 5.76 Å². The third-order valence-corrected chi connectivity index (χ3v) is 4.77. The van der Waals surface area contributed by atoms with E-state index in [0.717, 1.165) is 36.4 Å². The molecule has 1 aromatic carbocycles. The number of nitrogens with zero attached hydrogens (tertiary/aromatic N) is 1. The number of likely N-dealkylation sites (tertiary alicyclic amines) is 1. The van der Waals surface area contributed by atoms with Crippen LogP contribution in [0.15, 0.2) is 41.0 Å². The maximum atomic E-state index is 12.2. The lowest BCUT2D eigenvalue weighted by Gasteiger charge is -2.37. The average molecular weight is 317 g/mol. The van der Waals surface area contributed by atoms with Crippen molar-refractivity contribution < 1.29 is 9.21 Å². The van der Waals surface area contributed by atoms with Crippen molar-refractivity contribution in [2.45, 2.75) is 31.3 Å². The molecule has 4 rings (SSSR count). The van der Waals surface area contributed by atoms with E-state index in [-0.39, 0.29) is 18.0 Å². The highest BCUT2D eigenvalue weighted by atomic mass is 35.5. The van der Waals surface area contributed by atoms with Crippen LogP contribution < -0.4 is 5.32 Å². The van der Waals surface area contributed by atoms with Gasteiger partial charge in [0, 0.05) is 23.7 Å². The van der Waals surface area contributed by atoms with E-state index < -0.39 is 0 Å². The standard InChI is InChI=1S/C17H17ClN2O2/c18-11-5-6-13-12(9-11)15(20-7-1-4-17(20)21)10-14(19-13)16-3-2-8-22-16/h2-3,5-6,8-9,14-15,19H,1,4,7,10H2/t14-,15-/m0/s1. The van der Waals surface area contributed by atoms with Crippen LogP contribution in [0.1, 0.15) is 42.7 Å². The van der Waals surface area contributed by atoms with Crippen molar-refractivity contribution in [3.05, 3.63) is 52.9 Å². The number of hydrogen-bond acceptors (Lipinski definition) is 3. The number of halogens is 1. The second-order valence-electron chi connectivity index (χ2n) is 5.89. The summed E-state index contributed by atoms with van der Waals surface area (Å²) in [5.74, 6) is 1.13. The normalized spacial score (nSPS) is 24.2. The summed E-state index contributed by atoms with van der Waals surface area (Å²) in [4.78, 5) is 14.2. The molecular formula is C17H17ClN2O2. The van der Waals surface area contributed by atoms with Crippen LogP contribution in [-0.2, 0) is 4.79 Å². The Kier molecular flexibility index (Phi) is 3.34. The maximum absolute atomic E-state index is 12.2. The van der Waals surface area contributed by atoms with Gasteiger partial charge in [0.15, 0.2) is 0 Å². The third-order valence-electron chi connectivity index (χ3n) is 4.53. The Balaban J connectivity index is 1.75. The SMILES string of the molecule is O=C1CCCN1[C@H]1C[C@@H](c2ccco2)Nc2ccc(Cl)cc21. The summed E-state index contributed by atoms with van der Waals surface area (Å²) in [5.41, 5.74) is 2.13. The highest BCUT2D eigenvalue weighted by Crippen LogP contribution is 2.44. The summed E-state index contributed by atoms with van der Waals surface area (Å²) in [6, 6.07) is 9.83. The van der Waals surface area contributed by atoms with Gasteiger partial charge in [0.25, 0.3) is 0 Å². The fourth-order valence-electron chi connectivity index (χ4n) is 3.51. The molecule has 1 aromatic heterocycles. The fourth-order valence-corrected chi connectivity index (χ4v) is 3.69. The molecule has 114 valence electrons. The minimum Gasteiger partial charge on any atom is -0.467 e. The van der Waals surface area contributed by atoms with Crippen LogP contribution in [-0.4, -0.2) is 17.4 Å². The van der Waals surface area contributed by atoms with Crippen LogP contribution in [0.3, 0.4) is 0 Å². The molecule has 0 saturated carbocycles. The molecule has 2 aliphatic rings. The van der Waals surface area contributed by atoms with Gasteiger partial charge in [0.2, 0.25) is 5.91 Å². The molecular weight excluding hydrogens is 300 g/mol. The second-order valence-corrected chi connectivity index (χ2v) is 6.32. The summed E-state index contributed by atoms with van der Waals surface area (Å²) >= 11 is 6.17. The van der Waals surface area contributed by atoms with E-state index in [9.17, 15) is 4.79 Å². The lowest BCUT2D eigenvalue weighted by atomic mass is 9.90. The van der Waals surface area contributed by atoms with Crippen molar-refractivity contribution in [3.8, 4) is 0 Å². The molecule has 1 N–H and O–H groups in total. The van der Waals surface area contributed by atoms with E-state index in [1.165, 1.54) is 0 Å². The van der Waals surface area contributed by atoms with Gasteiger partial charge in [-0.15, -0.1) is 0 Å². The van der Waals surface area contributed by atoms with Crippen molar-refractivity contribution in [2.75, 3.05) is 11.9 Å². The first-order chi connectivity index (χ1) is 10.7. The lowest BCUT2D eigenvalue weighted by Crippen LogP contribution is -2.35. The second kappa shape index (κ2) is 5.36. The number of fused-ring (bicyclic) bond motifs is 1. The molecule has 0 radical (unpaired) electrons. The molecule has 2 atom stereocenters. The monoisotopic (exact) mass is 316 g/mol. The molecule has 0 bridgehead atoms. The molecule has 0 spiro atoms. The number of rotatable bonds is 2. The highest BCUT2D eigenvalue weighted by Gasteiger charge is 2.36. The highest BCUT2D eigenvalue weighted by molar-refractivity contribution is 6.30. The molecule has 4 nitrogen and oxygen atoms in total. The van der Waals surface area contributed by atoms with E-state index in [2.05, 4.69) is 5.32 Å². The van der Waals surface area contributed by atoms with Gasteiger partial charge in [-0.25, -0.2) is 0 Å². The van der Waals surface area contributed by atoms with Gasteiger partial charge in [-0.05, 0) is 48.7 Å². The molecule has 22 heavy (non-hydrogen) atoms. The minimum atomic E-state index is 0.0556. The molecule has 0 unspecified atom stereocenters. The summed E-state index contributed by atoms with van der Waals surface area (Å²) in [7, 11) is 0. The van der Waals surface area contributed by atoms with E-state index in [1.807, 2.05) is 35.2 Å². The number of benzene rings is 1. The first kappa shape index (κ1) is 13.7. The van der Waals surface area contributed by atoms with Crippen LogP contribution in [0, 0.1) is 0 Å². The van der Waals surface area contributed by atoms with Gasteiger partial charge in [-0.3, -0.25) is 4.79 Å². The van der Waals surface area contributed by atoms with E-state index in [0.29, 0.717) is 11.4 Å². The lowest BCUT2D eigenvalue weighted by molar-refractivity contribution is -0.130. The quantitative estimate of drug-likeness (QED) is 0.905. The van der Waals surface area contributed by atoms with Gasteiger partial charge >= 0.3 is 0 Å². The van der Waals surface area contributed by atoms with Crippen molar-refractivity contribution >= 4 is 23.2 Å². The summed E-state index contributed by atoms with van der Waals surface area (Å²) in [6.07, 6.45) is 4.06. The minimum absolute atomic E-state index is 0.0556. The smallest absolute Gasteiger partial charge is 0.223 e. The summed E-state index contributed by atoms with van der Waals surface area (Å²) in [5, 5.41) is 4.21. The Bertz CT molecular complexity index is 699. The first-order valence-corrected chi connectivity index (χ1v) is 7.99. The number of nitrogens with one attached hydrogen (secondary N) is 1. The summed E-state index contributed by atoms with van der Waals surface area (Å²) < 4.78 is 5.56. The van der Waals surface area contributed by atoms with Crippen LogP contribution in [0.4, 0.5) is 5.69 Å². The first-order valence-electron chi connectivity index (χ1n) is 7.61. The average Bonchev–Trinajstić information content (AvgIpc) is 3.18. The number of anilines is 1. The molecule has 1 amide bonds. The number of hydrogen-bond donors (Lipinski definition) is 1. The van der Waals surface area contributed by atoms with Gasteiger partial charge in [-0.1, -0.05) is 11.6 Å². The van der Waals surface area contributed by atoms with E-state index in [4.69, 9.17) is 16.0 Å². The Hall–Kier alpha value is -1.94. The van der Waals surface area contributed by atoms with Crippen LogP contribution >= 0.6 is 11.6 Å². The predicted octanol–water partition coefficient (Wildman–Crippen LogP) is 4.15. The Morgan fingerprint density at radius 1 is 1.32 bits per heavy atom. The largest absolute Gasteiger partial charge is 0.467 e. The number of furan rings is 1. The van der Waals surface area contributed by atoms with Crippen LogP contribution in [0.25, 0.3) is 0 Å². The Morgan fingerprint density at radius 3 is 2.95 bits per heavy atom. The number of carbonyl (C=O) groups excluding carboxylic acids is 1. The zero-order chi connectivity index (χ0) is 15.1. The van der Waals surface area contributed by atoms with Crippen molar-refractivity contribution in [1.82, 2.24) is 4.90 Å². The van der Waals surface area contributed by atoms with Crippen molar-refractivity contribution in [2.24, 2.45) is 0 Å². The van der Waals surface area contributed by atoms with Gasteiger partial charge < -0.3 is 14.6 Å². The third kappa shape index (κ3) is 2.28. The molecule has 3 heterocycles.